The summed E-state index contributed by atoms with van der Waals surface area (Å²) in [6.45, 7) is 5.48. The van der Waals surface area contributed by atoms with Crippen molar-refractivity contribution >= 4 is 5.78 Å². The van der Waals surface area contributed by atoms with Gasteiger partial charge in [-0.2, -0.15) is 5.10 Å². The molecule has 2 heterocycles. The van der Waals surface area contributed by atoms with Crippen molar-refractivity contribution in [1.82, 2.24) is 20.1 Å². The predicted molar refractivity (Wildman–Crippen MR) is 55.7 cm³/mol. The highest BCUT2D eigenvalue weighted by Gasteiger charge is 2.38. The Balaban J connectivity index is 2.27. The third-order valence-electron chi connectivity index (χ3n) is 2.99. The van der Waals surface area contributed by atoms with Crippen LogP contribution in [0.1, 0.15) is 37.3 Å². The van der Waals surface area contributed by atoms with Gasteiger partial charge in [0.05, 0.1) is 5.54 Å². The molecule has 2 rings (SSSR count). The van der Waals surface area contributed by atoms with E-state index in [0.29, 0.717) is 12.4 Å². The SMILES string of the molecule is CCn1ncnc1C(=O)C1(C)CCCN1. The van der Waals surface area contributed by atoms with Gasteiger partial charge < -0.3 is 5.32 Å². The van der Waals surface area contributed by atoms with Gasteiger partial charge in [-0.25, -0.2) is 9.67 Å². The van der Waals surface area contributed by atoms with Crippen molar-refractivity contribution in [1.29, 1.82) is 0 Å². The van der Waals surface area contributed by atoms with Crippen molar-refractivity contribution in [3.63, 3.8) is 0 Å². The molecule has 15 heavy (non-hydrogen) atoms. The number of rotatable bonds is 3. The van der Waals surface area contributed by atoms with Gasteiger partial charge in [-0.15, -0.1) is 0 Å². The second-order valence-corrected chi connectivity index (χ2v) is 4.09. The van der Waals surface area contributed by atoms with E-state index in [1.807, 2.05) is 13.8 Å². The molecular weight excluding hydrogens is 192 g/mol. The number of nitrogens with zero attached hydrogens (tertiary/aromatic N) is 3. The first-order valence-electron chi connectivity index (χ1n) is 5.35. The van der Waals surface area contributed by atoms with Crippen molar-refractivity contribution < 1.29 is 4.79 Å². The maximum absolute atomic E-state index is 12.2. The molecule has 0 aliphatic carbocycles. The van der Waals surface area contributed by atoms with E-state index in [-0.39, 0.29) is 5.78 Å². The van der Waals surface area contributed by atoms with Crippen LogP contribution >= 0.6 is 0 Å². The van der Waals surface area contributed by atoms with E-state index in [0.717, 1.165) is 19.4 Å². The smallest absolute Gasteiger partial charge is 0.219 e. The average molecular weight is 208 g/mol. The number of hydrogen-bond donors (Lipinski definition) is 1. The summed E-state index contributed by atoms with van der Waals surface area (Å²) in [7, 11) is 0. The van der Waals surface area contributed by atoms with E-state index >= 15 is 0 Å². The topological polar surface area (TPSA) is 59.8 Å². The molecule has 0 spiro atoms. The van der Waals surface area contributed by atoms with Gasteiger partial charge in [-0.1, -0.05) is 0 Å². The largest absolute Gasteiger partial charge is 0.305 e. The maximum atomic E-state index is 12.2. The molecule has 0 amide bonds. The van der Waals surface area contributed by atoms with Crippen LogP contribution < -0.4 is 5.32 Å². The fourth-order valence-corrected chi connectivity index (χ4v) is 2.01. The number of aromatic nitrogens is 3. The number of hydrogen-bond acceptors (Lipinski definition) is 4. The molecule has 0 aromatic carbocycles. The molecule has 0 radical (unpaired) electrons. The monoisotopic (exact) mass is 208 g/mol. The third-order valence-corrected chi connectivity index (χ3v) is 2.99. The lowest BCUT2D eigenvalue weighted by Gasteiger charge is -2.21. The van der Waals surface area contributed by atoms with Gasteiger partial charge >= 0.3 is 0 Å². The maximum Gasteiger partial charge on any atom is 0.219 e. The first-order valence-corrected chi connectivity index (χ1v) is 5.35. The number of ketones is 1. The van der Waals surface area contributed by atoms with E-state index in [1.54, 1.807) is 4.68 Å². The van der Waals surface area contributed by atoms with Crippen LogP contribution in [0.4, 0.5) is 0 Å². The molecule has 1 fully saturated rings. The highest BCUT2D eigenvalue weighted by atomic mass is 16.1. The molecule has 0 bridgehead atoms. The Morgan fingerprint density at radius 1 is 1.73 bits per heavy atom. The lowest BCUT2D eigenvalue weighted by atomic mass is 9.94. The lowest BCUT2D eigenvalue weighted by molar-refractivity contribution is 0.0867. The summed E-state index contributed by atoms with van der Waals surface area (Å²) in [4.78, 5) is 16.3. The minimum atomic E-state index is -0.444. The fraction of sp³-hybridized carbons (Fsp3) is 0.700. The molecule has 1 aromatic heterocycles. The molecule has 1 saturated heterocycles. The molecular formula is C10H16N4O. The van der Waals surface area contributed by atoms with Crippen LogP contribution in [-0.2, 0) is 6.54 Å². The molecule has 1 unspecified atom stereocenters. The van der Waals surface area contributed by atoms with E-state index in [9.17, 15) is 4.79 Å². The van der Waals surface area contributed by atoms with Gasteiger partial charge in [-0.3, -0.25) is 4.79 Å². The van der Waals surface area contributed by atoms with Crippen LogP contribution in [-0.4, -0.2) is 32.6 Å². The highest BCUT2D eigenvalue weighted by molar-refractivity contribution is 6.00. The minimum Gasteiger partial charge on any atom is -0.305 e. The molecule has 5 nitrogen and oxygen atoms in total. The van der Waals surface area contributed by atoms with E-state index in [4.69, 9.17) is 0 Å². The van der Waals surface area contributed by atoms with Crippen LogP contribution in [0.25, 0.3) is 0 Å². The Kier molecular flexibility index (Phi) is 2.56. The Hall–Kier alpha value is -1.23. The van der Waals surface area contributed by atoms with Crippen LogP contribution in [0.15, 0.2) is 6.33 Å². The molecule has 82 valence electrons. The minimum absolute atomic E-state index is 0.0550. The number of carbonyl (C=O) groups is 1. The van der Waals surface area contributed by atoms with Gasteiger partial charge in [0.1, 0.15) is 6.33 Å². The first-order chi connectivity index (χ1) is 7.17. The summed E-state index contributed by atoms with van der Waals surface area (Å²) in [6, 6.07) is 0. The summed E-state index contributed by atoms with van der Waals surface area (Å²) in [5, 5.41) is 7.26. The number of aryl methyl sites for hydroxylation is 1. The first kappa shape index (κ1) is 10.3. The van der Waals surface area contributed by atoms with E-state index < -0.39 is 5.54 Å². The second kappa shape index (κ2) is 3.73. The Bertz CT molecular complexity index is 365. The van der Waals surface area contributed by atoms with Crippen molar-refractivity contribution in [3.05, 3.63) is 12.2 Å². The quantitative estimate of drug-likeness (QED) is 0.740. The van der Waals surface area contributed by atoms with Crippen LogP contribution in [0.3, 0.4) is 0 Å². The van der Waals surface area contributed by atoms with Crippen molar-refractivity contribution in [2.75, 3.05) is 6.54 Å². The second-order valence-electron chi connectivity index (χ2n) is 4.09. The molecule has 1 atom stereocenters. The lowest BCUT2D eigenvalue weighted by Crippen LogP contribution is -2.45. The van der Waals surface area contributed by atoms with Crippen LogP contribution in [0.2, 0.25) is 0 Å². The molecule has 5 heteroatoms. The molecule has 1 aromatic rings. The zero-order valence-corrected chi connectivity index (χ0v) is 9.16. The number of Topliss-reactive ketones (excluding diaryl/α,β-unsaturated/α-hetero) is 1. The standard InChI is InChI=1S/C10H16N4O/c1-3-14-9(11-7-13-14)8(15)10(2)5-4-6-12-10/h7,12H,3-6H2,1-2H3. The zero-order valence-electron chi connectivity index (χ0n) is 9.16. The van der Waals surface area contributed by atoms with Crippen LogP contribution in [0.5, 0.6) is 0 Å². The van der Waals surface area contributed by atoms with Gasteiger partial charge in [0, 0.05) is 6.54 Å². The Morgan fingerprint density at radius 2 is 2.53 bits per heavy atom. The number of carbonyl (C=O) groups excluding carboxylic acids is 1. The summed E-state index contributed by atoms with van der Waals surface area (Å²) < 4.78 is 1.65. The Labute approximate surface area is 88.9 Å². The number of nitrogens with one attached hydrogen (secondary N) is 1. The molecule has 1 aliphatic heterocycles. The fourth-order valence-electron chi connectivity index (χ4n) is 2.01. The Morgan fingerprint density at radius 3 is 3.13 bits per heavy atom. The molecule has 0 saturated carbocycles. The van der Waals surface area contributed by atoms with Gasteiger partial charge in [0.2, 0.25) is 5.78 Å². The average Bonchev–Trinajstić information content (AvgIpc) is 2.85. The van der Waals surface area contributed by atoms with Crippen molar-refractivity contribution in [3.8, 4) is 0 Å². The van der Waals surface area contributed by atoms with E-state index in [1.165, 1.54) is 6.33 Å². The summed E-state index contributed by atoms with van der Waals surface area (Å²) in [5.41, 5.74) is -0.444. The van der Waals surface area contributed by atoms with Crippen molar-refractivity contribution in [2.24, 2.45) is 0 Å². The van der Waals surface area contributed by atoms with Gasteiger partial charge in [0.15, 0.2) is 5.82 Å². The summed E-state index contributed by atoms with van der Waals surface area (Å²) in [6.07, 6.45) is 3.36. The van der Waals surface area contributed by atoms with Gasteiger partial charge in [-0.05, 0) is 33.2 Å². The van der Waals surface area contributed by atoms with Crippen LogP contribution in [0, 0.1) is 0 Å². The third kappa shape index (κ3) is 1.67. The normalized spacial score (nSPS) is 25.7. The zero-order chi connectivity index (χ0) is 10.9. The highest BCUT2D eigenvalue weighted by Crippen LogP contribution is 2.22. The predicted octanol–water partition coefficient (Wildman–Crippen LogP) is 0.623. The molecule has 1 N–H and O–H groups in total. The summed E-state index contributed by atoms with van der Waals surface area (Å²) >= 11 is 0. The van der Waals surface area contributed by atoms with Crippen molar-refractivity contribution in [2.45, 2.75) is 38.8 Å². The van der Waals surface area contributed by atoms with E-state index in [2.05, 4.69) is 15.4 Å². The molecule has 1 aliphatic rings. The van der Waals surface area contributed by atoms with Gasteiger partial charge in [0.25, 0.3) is 0 Å². The summed E-state index contributed by atoms with van der Waals surface area (Å²) in [5.74, 6) is 0.522.